The van der Waals surface area contributed by atoms with Crippen molar-refractivity contribution < 1.29 is 14.7 Å². The topological polar surface area (TPSA) is 67.3 Å². The number of Topliss-reactive ketones (excluding diaryl/α,β-unsaturated/α-hetero) is 2. The predicted octanol–water partition coefficient (Wildman–Crippen LogP) is 2.97. The summed E-state index contributed by atoms with van der Waals surface area (Å²) in [6, 6.07) is 6.63. The highest BCUT2D eigenvalue weighted by atomic mass is 16.3. The number of ketones is 2. The van der Waals surface area contributed by atoms with E-state index in [1.807, 2.05) is 6.92 Å². The van der Waals surface area contributed by atoms with Crippen LogP contribution in [0.25, 0.3) is 10.9 Å². The number of allylic oxidation sites excluding steroid dienone is 1. The van der Waals surface area contributed by atoms with Gasteiger partial charge in [-0.05, 0) is 37.1 Å². The van der Waals surface area contributed by atoms with Crippen LogP contribution in [-0.4, -0.2) is 21.7 Å². The molecule has 0 spiro atoms. The van der Waals surface area contributed by atoms with Crippen molar-refractivity contribution in [3.05, 3.63) is 47.7 Å². The van der Waals surface area contributed by atoms with Crippen LogP contribution < -0.4 is 0 Å². The molecule has 1 heterocycles. The average molecular weight is 269 g/mol. The number of nitrogens with zero attached hydrogens (tertiary/aromatic N) is 1. The molecule has 1 aromatic heterocycles. The highest BCUT2D eigenvalue weighted by molar-refractivity contribution is 6.12. The Bertz CT molecular complexity index is 732. The number of aromatic nitrogens is 1. The zero-order valence-electron chi connectivity index (χ0n) is 11.4. The monoisotopic (exact) mass is 269 g/mol. The first-order valence-electron chi connectivity index (χ1n) is 6.21. The molecule has 1 N–H and O–H groups in total. The number of aromatic hydroxyl groups is 1. The quantitative estimate of drug-likeness (QED) is 0.526. The second-order valence-electron chi connectivity index (χ2n) is 4.80. The standard InChI is InChI=1S/C16H15NO3/c1-9(2)14(19)8-15(20)12-6-5-11-10(3)4-7-13(18)16(11)17-12/h4-7,18H,1,8H2,2-3H3. The molecule has 4 heteroatoms. The van der Waals surface area contributed by atoms with Crippen molar-refractivity contribution in [2.75, 3.05) is 0 Å². The molecule has 0 amide bonds. The number of benzene rings is 1. The molecule has 0 aliphatic rings. The number of phenols is 1. The molecule has 20 heavy (non-hydrogen) atoms. The maximum atomic E-state index is 12.0. The maximum absolute atomic E-state index is 12.0. The van der Waals surface area contributed by atoms with Gasteiger partial charge < -0.3 is 5.11 Å². The minimum atomic E-state index is -0.374. The second-order valence-corrected chi connectivity index (χ2v) is 4.80. The van der Waals surface area contributed by atoms with E-state index in [0.29, 0.717) is 11.1 Å². The summed E-state index contributed by atoms with van der Waals surface area (Å²) in [5, 5.41) is 10.6. The van der Waals surface area contributed by atoms with E-state index in [1.165, 1.54) is 6.07 Å². The molecule has 2 rings (SSSR count). The van der Waals surface area contributed by atoms with Crippen molar-refractivity contribution in [2.24, 2.45) is 0 Å². The van der Waals surface area contributed by atoms with E-state index in [0.717, 1.165) is 10.9 Å². The van der Waals surface area contributed by atoms with Gasteiger partial charge >= 0.3 is 0 Å². The van der Waals surface area contributed by atoms with Gasteiger partial charge in [-0.1, -0.05) is 18.7 Å². The summed E-state index contributed by atoms with van der Waals surface area (Å²) in [6.07, 6.45) is -0.250. The molecule has 0 unspecified atom stereocenters. The number of carbonyl (C=O) groups is 2. The Morgan fingerprint density at radius 1 is 1.25 bits per heavy atom. The highest BCUT2D eigenvalue weighted by Gasteiger charge is 2.15. The fourth-order valence-electron chi connectivity index (χ4n) is 1.89. The highest BCUT2D eigenvalue weighted by Crippen LogP contribution is 2.26. The largest absolute Gasteiger partial charge is 0.506 e. The van der Waals surface area contributed by atoms with Gasteiger partial charge in [-0.2, -0.15) is 0 Å². The number of hydrogen-bond acceptors (Lipinski definition) is 4. The van der Waals surface area contributed by atoms with E-state index >= 15 is 0 Å². The lowest BCUT2D eigenvalue weighted by Crippen LogP contribution is -2.10. The molecule has 0 aliphatic carbocycles. The van der Waals surface area contributed by atoms with E-state index in [-0.39, 0.29) is 29.4 Å². The lowest BCUT2D eigenvalue weighted by molar-refractivity contribution is -0.114. The van der Waals surface area contributed by atoms with Gasteiger partial charge in [-0.3, -0.25) is 9.59 Å². The number of fused-ring (bicyclic) bond motifs is 1. The molecular weight excluding hydrogens is 254 g/mol. The summed E-state index contributed by atoms with van der Waals surface area (Å²) in [5.41, 5.74) is 1.85. The van der Waals surface area contributed by atoms with Crippen LogP contribution in [-0.2, 0) is 4.79 Å². The lowest BCUT2D eigenvalue weighted by atomic mass is 10.0. The molecule has 1 aromatic carbocycles. The van der Waals surface area contributed by atoms with Gasteiger partial charge in [0.25, 0.3) is 0 Å². The SMILES string of the molecule is C=C(C)C(=O)CC(=O)c1ccc2c(C)ccc(O)c2n1. The van der Waals surface area contributed by atoms with E-state index in [4.69, 9.17) is 0 Å². The minimum absolute atomic E-state index is 0.0199. The number of hydrogen-bond donors (Lipinski definition) is 1. The molecule has 0 saturated carbocycles. The Morgan fingerprint density at radius 2 is 1.95 bits per heavy atom. The number of carbonyl (C=O) groups excluding carboxylic acids is 2. The van der Waals surface area contributed by atoms with Crippen molar-refractivity contribution in [2.45, 2.75) is 20.3 Å². The fraction of sp³-hybridized carbons (Fsp3) is 0.188. The smallest absolute Gasteiger partial charge is 0.188 e. The fourth-order valence-corrected chi connectivity index (χ4v) is 1.89. The van der Waals surface area contributed by atoms with Crippen molar-refractivity contribution >= 4 is 22.5 Å². The zero-order chi connectivity index (χ0) is 14.9. The number of phenolic OH excluding ortho intramolecular Hbond substituents is 1. The molecule has 0 saturated heterocycles. The average Bonchev–Trinajstić information content (AvgIpc) is 2.42. The summed E-state index contributed by atoms with van der Waals surface area (Å²) in [7, 11) is 0. The summed E-state index contributed by atoms with van der Waals surface area (Å²) < 4.78 is 0. The molecule has 0 aliphatic heterocycles. The lowest BCUT2D eigenvalue weighted by Gasteiger charge is -2.06. The van der Waals surface area contributed by atoms with Gasteiger partial charge in [0.2, 0.25) is 0 Å². The Kier molecular flexibility index (Phi) is 3.66. The normalized spacial score (nSPS) is 10.5. The number of rotatable bonds is 4. The summed E-state index contributed by atoms with van der Waals surface area (Å²) >= 11 is 0. The van der Waals surface area contributed by atoms with Gasteiger partial charge in [0, 0.05) is 5.39 Å². The Morgan fingerprint density at radius 3 is 2.60 bits per heavy atom. The summed E-state index contributed by atoms with van der Waals surface area (Å²) in [4.78, 5) is 27.7. The Labute approximate surface area is 116 Å². The van der Waals surface area contributed by atoms with E-state index in [9.17, 15) is 14.7 Å². The third kappa shape index (κ3) is 2.59. The van der Waals surface area contributed by atoms with Gasteiger partial charge in [-0.25, -0.2) is 4.98 Å². The Hall–Kier alpha value is -2.49. The molecule has 0 bridgehead atoms. The van der Waals surface area contributed by atoms with Crippen LogP contribution >= 0.6 is 0 Å². The van der Waals surface area contributed by atoms with Gasteiger partial charge in [0.15, 0.2) is 11.6 Å². The molecule has 0 atom stereocenters. The van der Waals surface area contributed by atoms with Crippen LogP contribution in [0.3, 0.4) is 0 Å². The summed E-state index contributed by atoms with van der Waals surface area (Å²) in [6.45, 7) is 6.98. The molecule has 0 radical (unpaired) electrons. The number of pyridine rings is 1. The van der Waals surface area contributed by atoms with E-state index in [1.54, 1.807) is 25.1 Å². The van der Waals surface area contributed by atoms with Crippen molar-refractivity contribution in [1.29, 1.82) is 0 Å². The van der Waals surface area contributed by atoms with Gasteiger partial charge in [0.1, 0.15) is 17.0 Å². The first-order valence-corrected chi connectivity index (χ1v) is 6.21. The Balaban J connectivity index is 2.42. The molecule has 0 fully saturated rings. The molecule has 102 valence electrons. The zero-order valence-corrected chi connectivity index (χ0v) is 11.4. The van der Waals surface area contributed by atoms with Crippen LogP contribution in [0.5, 0.6) is 5.75 Å². The van der Waals surface area contributed by atoms with Crippen molar-refractivity contribution in [3.8, 4) is 5.75 Å². The summed E-state index contributed by atoms with van der Waals surface area (Å²) in [5.74, 6) is -0.655. The molecule has 2 aromatic rings. The minimum Gasteiger partial charge on any atom is -0.506 e. The maximum Gasteiger partial charge on any atom is 0.188 e. The van der Waals surface area contributed by atoms with Crippen LogP contribution in [0, 0.1) is 6.92 Å². The van der Waals surface area contributed by atoms with Crippen molar-refractivity contribution in [3.63, 3.8) is 0 Å². The van der Waals surface area contributed by atoms with Crippen LogP contribution in [0.4, 0.5) is 0 Å². The van der Waals surface area contributed by atoms with Crippen LogP contribution in [0.1, 0.15) is 29.4 Å². The first kappa shape index (κ1) is 13.9. The molecular formula is C16H15NO3. The number of aryl methyl sites for hydroxylation is 1. The third-order valence-electron chi connectivity index (χ3n) is 3.14. The third-order valence-corrected chi connectivity index (χ3v) is 3.14. The van der Waals surface area contributed by atoms with Gasteiger partial charge in [0.05, 0.1) is 6.42 Å². The van der Waals surface area contributed by atoms with Gasteiger partial charge in [-0.15, -0.1) is 0 Å². The van der Waals surface area contributed by atoms with E-state index < -0.39 is 0 Å². The molecule has 4 nitrogen and oxygen atoms in total. The van der Waals surface area contributed by atoms with Crippen LogP contribution in [0.2, 0.25) is 0 Å². The first-order chi connectivity index (χ1) is 9.40. The second kappa shape index (κ2) is 5.25. The predicted molar refractivity (Wildman–Crippen MR) is 76.9 cm³/mol. The van der Waals surface area contributed by atoms with Crippen LogP contribution in [0.15, 0.2) is 36.4 Å². The van der Waals surface area contributed by atoms with Crippen molar-refractivity contribution in [1.82, 2.24) is 4.98 Å². The van der Waals surface area contributed by atoms with E-state index in [2.05, 4.69) is 11.6 Å².